The van der Waals surface area contributed by atoms with Crippen molar-refractivity contribution in [1.82, 2.24) is 0 Å². The molecule has 0 aliphatic heterocycles. The molecule has 1 aromatic rings. The molecule has 0 aliphatic rings. The molecule has 0 spiro atoms. The minimum absolute atomic E-state index is 0.492. The second-order valence-electron chi connectivity index (χ2n) is 3.49. The van der Waals surface area contributed by atoms with E-state index in [1.54, 1.807) is 24.3 Å². The van der Waals surface area contributed by atoms with E-state index in [0.29, 0.717) is 11.3 Å². The SMILES string of the molecule is [CH]c1ccc(OC(C)(C)C(=O)O)cc1. The Balaban J connectivity index is 2.79. The molecule has 0 atom stereocenters. The molecule has 0 aromatic heterocycles. The van der Waals surface area contributed by atoms with Gasteiger partial charge in [-0.05, 0) is 38.5 Å². The molecule has 14 heavy (non-hydrogen) atoms. The van der Waals surface area contributed by atoms with Gasteiger partial charge in [0.2, 0.25) is 0 Å². The number of carboxylic acid groups (broad SMARTS) is 1. The molecule has 0 amide bonds. The van der Waals surface area contributed by atoms with E-state index in [1.807, 2.05) is 0 Å². The van der Waals surface area contributed by atoms with Gasteiger partial charge in [-0.25, -0.2) is 4.79 Å². The lowest BCUT2D eigenvalue weighted by Gasteiger charge is -2.21. The van der Waals surface area contributed by atoms with Crippen LogP contribution in [0, 0.1) is 6.92 Å². The lowest BCUT2D eigenvalue weighted by atomic mass is 10.1. The number of benzene rings is 1. The summed E-state index contributed by atoms with van der Waals surface area (Å²) in [5, 5.41) is 8.81. The molecule has 0 heterocycles. The van der Waals surface area contributed by atoms with E-state index in [4.69, 9.17) is 16.8 Å². The topological polar surface area (TPSA) is 46.5 Å². The number of hydrogen-bond donors (Lipinski definition) is 1. The van der Waals surface area contributed by atoms with Crippen molar-refractivity contribution in [2.45, 2.75) is 19.4 Å². The second kappa shape index (κ2) is 3.70. The molecule has 74 valence electrons. The zero-order chi connectivity index (χ0) is 10.8. The molecular formula is C11H12O3. The average Bonchev–Trinajstić information content (AvgIpc) is 2.08. The highest BCUT2D eigenvalue weighted by molar-refractivity contribution is 5.76. The number of ether oxygens (including phenoxy) is 1. The Kier molecular flexibility index (Phi) is 2.79. The van der Waals surface area contributed by atoms with E-state index >= 15 is 0 Å². The van der Waals surface area contributed by atoms with Crippen LogP contribution in [0.3, 0.4) is 0 Å². The fraction of sp³-hybridized carbons (Fsp3) is 0.273. The van der Waals surface area contributed by atoms with E-state index < -0.39 is 11.6 Å². The van der Waals surface area contributed by atoms with Crippen molar-refractivity contribution in [3.8, 4) is 5.75 Å². The summed E-state index contributed by atoms with van der Waals surface area (Å²) in [6.45, 7) is 8.46. The largest absolute Gasteiger partial charge is 0.478 e. The third-order valence-corrected chi connectivity index (χ3v) is 1.77. The van der Waals surface area contributed by atoms with Crippen molar-refractivity contribution >= 4 is 5.97 Å². The van der Waals surface area contributed by atoms with Gasteiger partial charge in [-0.15, -0.1) is 0 Å². The van der Waals surface area contributed by atoms with Crippen LogP contribution in [0.5, 0.6) is 5.75 Å². The van der Waals surface area contributed by atoms with Crippen molar-refractivity contribution < 1.29 is 14.6 Å². The first-order valence-corrected chi connectivity index (χ1v) is 4.20. The van der Waals surface area contributed by atoms with Gasteiger partial charge >= 0.3 is 5.97 Å². The minimum Gasteiger partial charge on any atom is -0.478 e. The predicted molar refractivity (Wildman–Crippen MR) is 52.2 cm³/mol. The molecule has 3 nitrogen and oxygen atoms in total. The highest BCUT2D eigenvalue weighted by Gasteiger charge is 2.29. The predicted octanol–water partition coefficient (Wildman–Crippen LogP) is 1.99. The molecule has 1 aromatic carbocycles. The van der Waals surface area contributed by atoms with Crippen LogP contribution in [0.4, 0.5) is 0 Å². The Labute approximate surface area is 83.3 Å². The average molecular weight is 192 g/mol. The molecule has 3 heteroatoms. The van der Waals surface area contributed by atoms with Crippen molar-refractivity contribution in [2.75, 3.05) is 0 Å². The highest BCUT2D eigenvalue weighted by Crippen LogP contribution is 2.18. The van der Waals surface area contributed by atoms with Crippen LogP contribution in [0.1, 0.15) is 19.4 Å². The van der Waals surface area contributed by atoms with Crippen LogP contribution in [-0.4, -0.2) is 16.7 Å². The molecule has 2 radical (unpaired) electrons. The van der Waals surface area contributed by atoms with Crippen LogP contribution in [-0.2, 0) is 4.79 Å². The minimum atomic E-state index is -1.23. The maximum absolute atomic E-state index is 10.7. The fourth-order valence-electron chi connectivity index (χ4n) is 0.874. The molecule has 1 rings (SSSR count). The summed E-state index contributed by atoms with van der Waals surface area (Å²) in [7, 11) is 0. The van der Waals surface area contributed by atoms with Gasteiger partial charge < -0.3 is 9.84 Å². The smallest absolute Gasteiger partial charge is 0.347 e. The molecule has 1 N–H and O–H groups in total. The van der Waals surface area contributed by atoms with Gasteiger partial charge in [0.25, 0.3) is 0 Å². The number of carbonyl (C=O) groups is 1. The molecule has 0 aliphatic carbocycles. The van der Waals surface area contributed by atoms with Crippen LogP contribution < -0.4 is 4.74 Å². The van der Waals surface area contributed by atoms with E-state index in [9.17, 15) is 4.79 Å². The Hall–Kier alpha value is -1.51. The van der Waals surface area contributed by atoms with Gasteiger partial charge in [0.05, 0.1) is 0 Å². The maximum atomic E-state index is 10.7. The molecule has 0 unspecified atom stereocenters. The summed E-state index contributed by atoms with van der Waals surface area (Å²) >= 11 is 0. The lowest BCUT2D eigenvalue weighted by Crippen LogP contribution is -2.37. The lowest BCUT2D eigenvalue weighted by molar-refractivity contribution is -0.152. The normalized spacial score (nSPS) is 11.1. The number of carboxylic acids is 1. The molecular weight excluding hydrogens is 180 g/mol. The van der Waals surface area contributed by atoms with Gasteiger partial charge in [0, 0.05) is 0 Å². The zero-order valence-corrected chi connectivity index (χ0v) is 8.15. The van der Waals surface area contributed by atoms with Crippen LogP contribution in [0.25, 0.3) is 0 Å². The summed E-state index contributed by atoms with van der Waals surface area (Å²) < 4.78 is 5.26. The summed E-state index contributed by atoms with van der Waals surface area (Å²) in [5.41, 5.74) is -0.610. The fourth-order valence-corrected chi connectivity index (χ4v) is 0.874. The van der Waals surface area contributed by atoms with Crippen molar-refractivity contribution in [2.24, 2.45) is 0 Å². The molecule has 0 fully saturated rings. The Bertz CT molecular complexity index is 325. The standard InChI is InChI=1S/C11H12O3/c1-8-4-6-9(7-5-8)14-11(2,3)10(12)13/h1,4-7H,2-3H3,(H,12,13). The number of hydrogen-bond acceptors (Lipinski definition) is 2. The molecule has 0 saturated carbocycles. The van der Waals surface area contributed by atoms with Gasteiger partial charge in [-0.3, -0.25) is 0 Å². The summed E-state index contributed by atoms with van der Waals surface area (Å²) in [6, 6.07) is 6.60. The first-order chi connectivity index (χ1) is 6.42. The Morgan fingerprint density at radius 2 is 1.86 bits per heavy atom. The third kappa shape index (κ3) is 2.49. The van der Waals surface area contributed by atoms with Crippen LogP contribution >= 0.6 is 0 Å². The first kappa shape index (κ1) is 10.6. The van der Waals surface area contributed by atoms with Crippen LogP contribution in [0.2, 0.25) is 0 Å². The third-order valence-electron chi connectivity index (χ3n) is 1.77. The van der Waals surface area contributed by atoms with Gasteiger partial charge in [0.1, 0.15) is 5.75 Å². The van der Waals surface area contributed by atoms with Crippen molar-refractivity contribution in [3.63, 3.8) is 0 Å². The van der Waals surface area contributed by atoms with E-state index in [2.05, 4.69) is 0 Å². The summed E-state index contributed by atoms with van der Waals surface area (Å²) in [5.74, 6) is -0.513. The monoisotopic (exact) mass is 192 g/mol. The van der Waals surface area contributed by atoms with Crippen molar-refractivity contribution in [1.29, 1.82) is 0 Å². The van der Waals surface area contributed by atoms with E-state index in [1.165, 1.54) is 13.8 Å². The maximum Gasteiger partial charge on any atom is 0.347 e. The van der Waals surface area contributed by atoms with Gasteiger partial charge in [0.15, 0.2) is 5.60 Å². The first-order valence-electron chi connectivity index (χ1n) is 4.20. The quantitative estimate of drug-likeness (QED) is 0.796. The summed E-state index contributed by atoms with van der Waals surface area (Å²) in [4.78, 5) is 10.7. The Morgan fingerprint density at radius 1 is 1.36 bits per heavy atom. The van der Waals surface area contributed by atoms with Crippen LogP contribution in [0.15, 0.2) is 24.3 Å². The molecule has 0 saturated heterocycles. The molecule has 0 bridgehead atoms. The number of rotatable bonds is 3. The second-order valence-corrected chi connectivity index (χ2v) is 3.49. The van der Waals surface area contributed by atoms with E-state index in [-0.39, 0.29) is 0 Å². The Morgan fingerprint density at radius 3 is 2.29 bits per heavy atom. The highest BCUT2D eigenvalue weighted by atomic mass is 16.5. The van der Waals surface area contributed by atoms with Gasteiger partial charge in [-0.1, -0.05) is 12.1 Å². The van der Waals surface area contributed by atoms with E-state index in [0.717, 1.165) is 0 Å². The zero-order valence-electron chi connectivity index (χ0n) is 8.15. The van der Waals surface area contributed by atoms with Crippen molar-refractivity contribution in [3.05, 3.63) is 36.8 Å². The number of aliphatic carboxylic acids is 1. The van der Waals surface area contributed by atoms with Gasteiger partial charge in [-0.2, -0.15) is 0 Å². The summed E-state index contributed by atoms with van der Waals surface area (Å²) in [6.07, 6.45) is 0.